The number of hydrogen-bond donors (Lipinski definition) is 1. The van der Waals surface area contributed by atoms with Crippen molar-refractivity contribution in [3.05, 3.63) is 41.2 Å². The summed E-state index contributed by atoms with van der Waals surface area (Å²) in [5.41, 5.74) is 0.850. The quantitative estimate of drug-likeness (QED) is 0.849. The van der Waals surface area contributed by atoms with Crippen molar-refractivity contribution in [1.29, 1.82) is 0 Å². The molecule has 5 nitrogen and oxygen atoms in total. The maximum atomic E-state index is 13.2. The molecular weight excluding hydrogens is 365 g/mol. The third-order valence-corrected chi connectivity index (χ3v) is 6.88. The molecule has 1 aromatic heterocycles. The van der Waals surface area contributed by atoms with Crippen LogP contribution in [0.5, 0.6) is 0 Å². The number of nitrogens with zero attached hydrogens (tertiary/aromatic N) is 3. The van der Waals surface area contributed by atoms with Crippen LogP contribution < -0.4 is 0 Å². The molecule has 3 fully saturated rings. The lowest BCUT2D eigenvalue weighted by atomic mass is 9.81. The van der Waals surface area contributed by atoms with Crippen LogP contribution in [0.25, 0.3) is 10.6 Å². The fraction of sp³-hybridized carbons (Fsp3) is 0.500. The molecule has 1 atom stereocenters. The van der Waals surface area contributed by atoms with Crippen LogP contribution in [0, 0.1) is 11.7 Å². The highest BCUT2D eigenvalue weighted by Crippen LogP contribution is 2.39. The first-order chi connectivity index (χ1) is 12.9. The number of carbonyl (C=O) groups is 1. The van der Waals surface area contributed by atoms with Crippen LogP contribution in [0.15, 0.2) is 29.6 Å². The number of piperidine rings is 3. The molecule has 5 rings (SSSR count). The molecule has 27 heavy (non-hydrogen) atoms. The van der Waals surface area contributed by atoms with E-state index in [1.807, 2.05) is 19.2 Å². The number of carboxylic acid groups (broad SMARTS) is 1. The fourth-order valence-electron chi connectivity index (χ4n) is 4.43. The van der Waals surface area contributed by atoms with Crippen molar-refractivity contribution in [3.63, 3.8) is 0 Å². The van der Waals surface area contributed by atoms with Crippen molar-refractivity contribution in [2.75, 3.05) is 19.6 Å². The second-order valence-corrected chi connectivity index (χ2v) is 8.82. The normalized spacial score (nSPS) is 24.8. The minimum absolute atomic E-state index is 0.00373. The SMILES string of the molecule is CC(C)(c1csc(-c2ccc(F)cc2)n1)N(C(=O)O)[C@@H]1CN2CCC1CC2. The molecule has 0 spiro atoms. The van der Waals surface area contributed by atoms with Crippen LogP contribution in [0.2, 0.25) is 0 Å². The maximum Gasteiger partial charge on any atom is 0.408 e. The number of benzene rings is 1. The third-order valence-electron chi connectivity index (χ3n) is 5.98. The second kappa shape index (κ2) is 6.87. The number of rotatable bonds is 4. The molecular formula is C20H24FN3O2S. The van der Waals surface area contributed by atoms with Gasteiger partial charge in [-0.3, -0.25) is 4.90 Å². The van der Waals surface area contributed by atoms with Gasteiger partial charge in [0.15, 0.2) is 0 Å². The Hall–Kier alpha value is -1.99. The minimum Gasteiger partial charge on any atom is -0.465 e. The van der Waals surface area contributed by atoms with Crippen LogP contribution in [0.3, 0.4) is 0 Å². The summed E-state index contributed by atoms with van der Waals surface area (Å²) in [4.78, 5) is 21.0. The number of hydrogen-bond acceptors (Lipinski definition) is 4. The summed E-state index contributed by atoms with van der Waals surface area (Å²) in [6.07, 6.45) is 1.22. The molecule has 2 bridgehead atoms. The van der Waals surface area contributed by atoms with Crippen LogP contribution in [-0.2, 0) is 5.54 Å². The van der Waals surface area contributed by atoms with E-state index in [2.05, 4.69) is 4.90 Å². The monoisotopic (exact) mass is 389 g/mol. The highest BCUT2D eigenvalue weighted by atomic mass is 32.1. The molecule has 0 unspecified atom stereocenters. The summed E-state index contributed by atoms with van der Waals surface area (Å²) in [6.45, 7) is 6.81. The van der Waals surface area contributed by atoms with Gasteiger partial charge in [-0.2, -0.15) is 0 Å². The van der Waals surface area contributed by atoms with Gasteiger partial charge in [0, 0.05) is 17.5 Å². The predicted octanol–water partition coefficient (Wildman–Crippen LogP) is 4.26. The van der Waals surface area contributed by atoms with E-state index in [0.29, 0.717) is 5.92 Å². The standard InChI is InChI=1S/C20H24FN3O2S/c1-20(2,17-12-27-18(22-17)14-3-5-15(21)6-4-14)24(19(25)26)16-11-23-9-7-13(16)8-10-23/h3-6,12-13,16H,7-11H2,1-2H3,(H,25,26)/t16-/m1/s1. The van der Waals surface area contributed by atoms with Gasteiger partial charge in [-0.05, 0) is 70.0 Å². The highest BCUT2D eigenvalue weighted by molar-refractivity contribution is 7.13. The second-order valence-electron chi connectivity index (χ2n) is 7.96. The molecule has 4 heterocycles. The van der Waals surface area contributed by atoms with E-state index in [4.69, 9.17) is 4.98 Å². The Bertz CT molecular complexity index is 828. The lowest BCUT2D eigenvalue weighted by Crippen LogP contribution is -2.62. The molecule has 1 aromatic carbocycles. The molecule has 7 heteroatoms. The van der Waals surface area contributed by atoms with Crippen molar-refractivity contribution in [3.8, 4) is 10.6 Å². The van der Waals surface area contributed by atoms with Crippen molar-refractivity contribution >= 4 is 17.4 Å². The van der Waals surface area contributed by atoms with Gasteiger partial charge >= 0.3 is 6.09 Å². The summed E-state index contributed by atoms with van der Waals surface area (Å²) in [5, 5.41) is 12.7. The first-order valence-corrected chi connectivity index (χ1v) is 10.2. The van der Waals surface area contributed by atoms with Crippen LogP contribution in [0.4, 0.5) is 9.18 Å². The van der Waals surface area contributed by atoms with Crippen LogP contribution >= 0.6 is 11.3 Å². The minimum atomic E-state index is -0.893. The highest BCUT2D eigenvalue weighted by Gasteiger charge is 2.46. The third kappa shape index (κ3) is 3.34. The number of halogens is 1. The molecule has 0 saturated carbocycles. The molecule has 3 aliphatic heterocycles. The molecule has 2 aromatic rings. The zero-order valence-corrected chi connectivity index (χ0v) is 16.4. The lowest BCUT2D eigenvalue weighted by molar-refractivity contribution is -0.0298. The van der Waals surface area contributed by atoms with E-state index < -0.39 is 11.6 Å². The summed E-state index contributed by atoms with van der Waals surface area (Å²) in [6, 6.07) is 6.23. The van der Waals surface area contributed by atoms with Gasteiger partial charge in [0.25, 0.3) is 0 Å². The molecule has 144 valence electrons. The van der Waals surface area contributed by atoms with E-state index in [9.17, 15) is 14.3 Å². The van der Waals surface area contributed by atoms with Crippen molar-refractivity contribution in [1.82, 2.24) is 14.8 Å². The largest absolute Gasteiger partial charge is 0.465 e. The molecule has 3 saturated heterocycles. The van der Waals surface area contributed by atoms with Crippen molar-refractivity contribution in [2.45, 2.75) is 38.3 Å². The Kier molecular flexibility index (Phi) is 4.68. The van der Waals surface area contributed by atoms with E-state index in [0.717, 1.165) is 48.7 Å². The Morgan fingerprint density at radius 1 is 1.30 bits per heavy atom. The van der Waals surface area contributed by atoms with E-state index >= 15 is 0 Å². The summed E-state index contributed by atoms with van der Waals surface area (Å²) in [5.74, 6) is 0.135. The fourth-order valence-corrected chi connectivity index (χ4v) is 5.41. The molecule has 1 amide bonds. The smallest absolute Gasteiger partial charge is 0.408 e. The topological polar surface area (TPSA) is 56.7 Å². The molecule has 0 aliphatic carbocycles. The van der Waals surface area contributed by atoms with Gasteiger partial charge in [0.05, 0.1) is 17.3 Å². The number of thiazole rings is 1. The average molecular weight is 389 g/mol. The summed E-state index contributed by atoms with van der Waals surface area (Å²) >= 11 is 1.46. The average Bonchev–Trinajstić information content (AvgIpc) is 3.14. The van der Waals surface area contributed by atoms with E-state index in [-0.39, 0.29) is 11.9 Å². The van der Waals surface area contributed by atoms with Crippen LogP contribution in [0.1, 0.15) is 32.4 Å². The molecule has 3 aliphatic rings. The van der Waals surface area contributed by atoms with Gasteiger partial charge in [-0.25, -0.2) is 14.2 Å². The number of amides is 1. The first-order valence-electron chi connectivity index (χ1n) is 9.33. The predicted molar refractivity (Wildman–Crippen MR) is 103 cm³/mol. The van der Waals surface area contributed by atoms with E-state index in [1.165, 1.54) is 23.5 Å². The molecule has 1 N–H and O–H groups in total. The first kappa shape index (κ1) is 18.4. The summed E-state index contributed by atoms with van der Waals surface area (Å²) < 4.78 is 13.2. The Labute approximate surface area is 162 Å². The Balaban J connectivity index is 1.64. The number of aromatic nitrogens is 1. The Morgan fingerprint density at radius 2 is 1.96 bits per heavy atom. The zero-order chi connectivity index (χ0) is 19.2. The number of fused-ring (bicyclic) bond motifs is 3. The van der Waals surface area contributed by atoms with Crippen LogP contribution in [-0.4, -0.2) is 51.7 Å². The summed E-state index contributed by atoms with van der Waals surface area (Å²) in [7, 11) is 0. The van der Waals surface area contributed by atoms with Gasteiger partial charge in [-0.1, -0.05) is 0 Å². The zero-order valence-electron chi connectivity index (χ0n) is 15.6. The lowest BCUT2D eigenvalue weighted by Gasteiger charge is -2.52. The molecule has 0 radical (unpaired) electrons. The van der Waals surface area contributed by atoms with Gasteiger partial charge in [0.1, 0.15) is 10.8 Å². The van der Waals surface area contributed by atoms with Crippen molar-refractivity contribution < 1.29 is 14.3 Å². The maximum absolute atomic E-state index is 13.2. The van der Waals surface area contributed by atoms with Crippen molar-refractivity contribution in [2.24, 2.45) is 5.92 Å². The van der Waals surface area contributed by atoms with Gasteiger partial charge in [-0.15, -0.1) is 11.3 Å². The van der Waals surface area contributed by atoms with Gasteiger partial charge in [0.2, 0.25) is 0 Å². The Morgan fingerprint density at radius 3 is 2.52 bits per heavy atom. The van der Waals surface area contributed by atoms with Gasteiger partial charge < -0.3 is 10.0 Å². The van der Waals surface area contributed by atoms with E-state index in [1.54, 1.807) is 17.0 Å².